The lowest BCUT2D eigenvalue weighted by Crippen LogP contribution is -2.59. The van der Waals surface area contributed by atoms with E-state index in [9.17, 15) is 19.2 Å². The van der Waals surface area contributed by atoms with Crippen molar-refractivity contribution >= 4 is 23.9 Å². The summed E-state index contributed by atoms with van der Waals surface area (Å²) < 4.78 is 21.5. The van der Waals surface area contributed by atoms with Gasteiger partial charge in [0.2, 0.25) is 0 Å². The van der Waals surface area contributed by atoms with E-state index in [1.807, 2.05) is 0 Å². The van der Waals surface area contributed by atoms with E-state index in [-0.39, 0.29) is 0 Å². The molecule has 0 bridgehead atoms. The van der Waals surface area contributed by atoms with Crippen LogP contribution >= 0.6 is 0 Å². The number of carbonyl (C=O) groups is 4. The second-order valence-electron chi connectivity index (χ2n) is 8.58. The van der Waals surface area contributed by atoms with Gasteiger partial charge in [-0.1, -0.05) is 0 Å². The molecule has 0 aliphatic heterocycles. The molecule has 0 spiro atoms. The summed E-state index contributed by atoms with van der Waals surface area (Å²) in [6, 6.07) is 0. The van der Waals surface area contributed by atoms with E-state index < -0.39 is 53.7 Å². The Morgan fingerprint density at radius 1 is 0.448 bits per heavy atom. The summed E-state index contributed by atoms with van der Waals surface area (Å²) >= 11 is 0. The Bertz CT molecular complexity index is 553. The van der Waals surface area contributed by atoms with Crippen LogP contribution in [-0.4, -0.2) is 48.3 Å². The number of hydrogen-bond donors (Lipinski definition) is 0. The second-order valence-corrected chi connectivity index (χ2v) is 8.58. The number of hydrogen-bond acceptors (Lipinski definition) is 8. The van der Waals surface area contributed by atoms with Crippen molar-refractivity contribution in [3.8, 4) is 0 Å². The first-order valence-electron chi connectivity index (χ1n) is 10.8. The molecule has 4 aliphatic carbocycles. The van der Waals surface area contributed by atoms with Gasteiger partial charge < -0.3 is 18.9 Å². The van der Waals surface area contributed by atoms with Gasteiger partial charge in [0, 0.05) is 0 Å². The minimum Gasteiger partial charge on any atom is -0.461 e. The van der Waals surface area contributed by atoms with Crippen LogP contribution in [0.4, 0.5) is 0 Å². The average molecular weight is 408 g/mol. The Hall–Kier alpha value is -2.12. The Kier molecular flexibility index (Phi) is 5.79. The van der Waals surface area contributed by atoms with E-state index in [0.29, 0.717) is 51.4 Å². The van der Waals surface area contributed by atoms with Crippen molar-refractivity contribution < 1.29 is 38.1 Å². The second kappa shape index (κ2) is 8.32. The fourth-order valence-electron chi connectivity index (χ4n) is 3.41. The summed E-state index contributed by atoms with van der Waals surface area (Å²) in [5.41, 5.74) is -2.85. The molecule has 0 amide bonds. The van der Waals surface area contributed by atoms with Gasteiger partial charge in [-0.2, -0.15) is 0 Å². The molecular formula is C21H28O8. The third kappa shape index (κ3) is 3.85. The highest BCUT2D eigenvalue weighted by Crippen LogP contribution is 2.36. The predicted octanol–water partition coefficient (Wildman–Crippen LogP) is 2.36. The van der Waals surface area contributed by atoms with Gasteiger partial charge in [-0.25, -0.2) is 19.2 Å². The van der Waals surface area contributed by atoms with Gasteiger partial charge in [-0.3, -0.25) is 0 Å². The molecule has 0 aromatic rings. The molecule has 0 heterocycles. The molecule has 4 rings (SSSR count). The molecule has 0 saturated heterocycles. The molecule has 4 saturated carbocycles. The van der Waals surface area contributed by atoms with Gasteiger partial charge in [0.1, 0.15) is 24.4 Å². The van der Waals surface area contributed by atoms with Crippen LogP contribution in [0.3, 0.4) is 0 Å². The quantitative estimate of drug-likeness (QED) is 0.342. The maximum atomic E-state index is 13.1. The minimum atomic E-state index is -2.85. The number of rotatable bonds is 8. The Balaban J connectivity index is 1.62. The van der Waals surface area contributed by atoms with Crippen molar-refractivity contribution in [2.24, 2.45) is 5.41 Å². The summed E-state index contributed by atoms with van der Waals surface area (Å²) in [7, 11) is 0. The van der Waals surface area contributed by atoms with Crippen LogP contribution in [0.5, 0.6) is 0 Å². The van der Waals surface area contributed by atoms with E-state index in [4.69, 9.17) is 18.9 Å². The normalized spacial score (nSPS) is 22.9. The van der Waals surface area contributed by atoms with Crippen LogP contribution in [0.15, 0.2) is 0 Å². The molecule has 0 radical (unpaired) electrons. The third-order valence-corrected chi connectivity index (χ3v) is 6.53. The van der Waals surface area contributed by atoms with Gasteiger partial charge >= 0.3 is 29.3 Å². The lowest BCUT2D eigenvalue weighted by molar-refractivity contribution is -0.204. The van der Waals surface area contributed by atoms with Crippen LogP contribution in [0, 0.1) is 5.41 Å². The minimum absolute atomic E-state index is 0.411. The van der Waals surface area contributed by atoms with E-state index in [0.717, 1.165) is 25.7 Å². The molecule has 8 nitrogen and oxygen atoms in total. The molecule has 0 aromatic heterocycles. The van der Waals surface area contributed by atoms with Gasteiger partial charge in [-0.05, 0) is 77.0 Å². The molecule has 160 valence electrons. The fourth-order valence-corrected chi connectivity index (χ4v) is 3.41. The largest absolute Gasteiger partial charge is 0.461 e. The highest BCUT2D eigenvalue weighted by molar-refractivity contribution is 6.33. The molecule has 29 heavy (non-hydrogen) atoms. The van der Waals surface area contributed by atoms with Gasteiger partial charge in [0.25, 0.3) is 0 Å². The van der Waals surface area contributed by atoms with Crippen LogP contribution < -0.4 is 0 Å². The fraction of sp³-hybridized carbons (Fsp3) is 0.810. The summed E-state index contributed by atoms with van der Waals surface area (Å²) in [6.07, 6.45) is 6.97. The predicted molar refractivity (Wildman–Crippen MR) is 97.4 cm³/mol. The van der Waals surface area contributed by atoms with Crippen molar-refractivity contribution in [2.75, 3.05) is 0 Å². The molecule has 0 unspecified atom stereocenters. The van der Waals surface area contributed by atoms with Crippen molar-refractivity contribution in [3.05, 3.63) is 0 Å². The van der Waals surface area contributed by atoms with E-state index in [1.165, 1.54) is 0 Å². The average Bonchev–Trinajstić information content (AvgIpc) is 2.54. The summed E-state index contributed by atoms with van der Waals surface area (Å²) in [5.74, 6) is -4.89. The Labute approximate surface area is 169 Å². The van der Waals surface area contributed by atoms with Crippen LogP contribution in [-0.2, 0) is 38.1 Å². The summed E-state index contributed by atoms with van der Waals surface area (Å²) in [5, 5.41) is 0. The smallest absolute Gasteiger partial charge is 0.355 e. The first kappa shape index (κ1) is 20.2. The van der Waals surface area contributed by atoms with E-state index >= 15 is 0 Å². The number of carbonyl (C=O) groups excluding carboxylic acids is 4. The molecule has 0 N–H and O–H groups in total. The topological polar surface area (TPSA) is 105 Å². The van der Waals surface area contributed by atoms with Crippen LogP contribution in [0.25, 0.3) is 0 Å². The SMILES string of the molecule is O=C(OC1CCC1)C(C(=O)OC1CCC1)(C(=O)OC1CCC1)C(=O)OC1CCC1. The van der Waals surface area contributed by atoms with Crippen LogP contribution in [0.1, 0.15) is 77.0 Å². The number of ether oxygens (including phenoxy) is 4. The monoisotopic (exact) mass is 408 g/mol. The molecular weight excluding hydrogens is 380 g/mol. The maximum absolute atomic E-state index is 13.1. The molecule has 0 atom stereocenters. The first-order valence-corrected chi connectivity index (χ1v) is 10.8. The van der Waals surface area contributed by atoms with Crippen LogP contribution in [0.2, 0.25) is 0 Å². The van der Waals surface area contributed by atoms with Gasteiger partial charge in [-0.15, -0.1) is 0 Å². The molecule has 4 aliphatic rings. The zero-order valence-corrected chi connectivity index (χ0v) is 16.6. The summed E-state index contributed by atoms with van der Waals surface area (Å²) in [6.45, 7) is 0. The summed E-state index contributed by atoms with van der Waals surface area (Å²) in [4.78, 5) is 52.5. The molecule has 8 heteroatoms. The van der Waals surface area contributed by atoms with Gasteiger partial charge in [0.05, 0.1) is 0 Å². The highest BCUT2D eigenvalue weighted by Gasteiger charge is 2.67. The first-order chi connectivity index (χ1) is 14.0. The Morgan fingerprint density at radius 3 is 0.793 bits per heavy atom. The highest BCUT2D eigenvalue weighted by atomic mass is 16.6. The zero-order valence-electron chi connectivity index (χ0n) is 16.6. The van der Waals surface area contributed by atoms with Crippen molar-refractivity contribution in [3.63, 3.8) is 0 Å². The van der Waals surface area contributed by atoms with Crippen molar-refractivity contribution in [1.29, 1.82) is 0 Å². The zero-order chi connectivity index (χ0) is 20.4. The standard InChI is InChI=1S/C21H28O8/c22-17(26-13-5-1-6-13)21(18(23)27-14-7-2-8-14,19(24)28-15-9-3-10-15)20(25)29-16-11-4-12-16/h13-16H,1-12H2. The maximum Gasteiger partial charge on any atom is 0.355 e. The molecule has 4 fully saturated rings. The Morgan fingerprint density at radius 2 is 0.655 bits per heavy atom. The lowest BCUT2D eigenvalue weighted by Gasteiger charge is -2.36. The molecule has 0 aromatic carbocycles. The van der Waals surface area contributed by atoms with E-state index in [2.05, 4.69) is 0 Å². The lowest BCUT2D eigenvalue weighted by atomic mass is 9.85. The number of esters is 4. The van der Waals surface area contributed by atoms with Gasteiger partial charge in [0.15, 0.2) is 0 Å². The van der Waals surface area contributed by atoms with Crippen molar-refractivity contribution in [2.45, 2.75) is 101 Å². The van der Waals surface area contributed by atoms with E-state index in [1.54, 1.807) is 0 Å². The third-order valence-electron chi connectivity index (χ3n) is 6.53. The van der Waals surface area contributed by atoms with Crippen molar-refractivity contribution in [1.82, 2.24) is 0 Å².